The molecule has 1 spiro atoms. The molecule has 11 heteroatoms. The number of rotatable bonds is 5. The lowest BCUT2D eigenvalue weighted by Crippen LogP contribution is -2.41. The summed E-state index contributed by atoms with van der Waals surface area (Å²) < 4.78 is 5.92. The Hall–Kier alpha value is -1.49. The molecule has 2 N–H and O–H groups in total. The highest BCUT2D eigenvalue weighted by molar-refractivity contribution is 8.01. The number of urea groups is 1. The maximum Gasteiger partial charge on any atom is 0.409 e. The predicted octanol–water partition coefficient (Wildman–Crippen LogP) is 3.48. The molecule has 0 radical (unpaired) electrons. The van der Waals surface area contributed by atoms with E-state index in [2.05, 4.69) is 10.3 Å². The molecule has 0 aromatic carbocycles. The van der Waals surface area contributed by atoms with Crippen LogP contribution in [0.3, 0.4) is 0 Å². The number of halogens is 1. The number of fused-ring (bicyclic) bond motifs is 2. The SMILES string of the molecule is COC(=O)N1CCC2(C1)CN(C(=O)Nc1ncc(SCCCO)s1)C1C=CC(Cl)CC12. The molecule has 2 fully saturated rings. The highest BCUT2D eigenvalue weighted by Gasteiger charge is 2.57. The Balaban J connectivity index is 1.47. The summed E-state index contributed by atoms with van der Waals surface area (Å²) in [6.07, 6.45) is 7.77. The number of likely N-dealkylation sites (tertiary alicyclic amines) is 2. The number of anilines is 1. The van der Waals surface area contributed by atoms with Gasteiger partial charge in [0.1, 0.15) is 0 Å². The molecule has 0 bridgehead atoms. The van der Waals surface area contributed by atoms with Crippen molar-refractivity contribution in [1.29, 1.82) is 0 Å². The number of methoxy groups -OCH3 is 1. The number of aliphatic hydroxyl groups excluding tert-OH is 1. The number of thiazole rings is 1. The van der Waals surface area contributed by atoms with Crippen LogP contribution in [0.5, 0.6) is 0 Å². The summed E-state index contributed by atoms with van der Waals surface area (Å²) >= 11 is 9.50. The first-order chi connectivity index (χ1) is 15.0. The fourth-order valence-electron chi connectivity index (χ4n) is 4.93. The van der Waals surface area contributed by atoms with E-state index >= 15 is 0 Å². The molecular weight excluding hydrogens is 460 g/mol. The molecule has 2 aliphatic heterocycles. The number of hydrogen-bond acceptors (Lipinski definition) is 7. The highest BCUT2D eigenvalue weighted by atomic mass is 35.5. The third kappa shape index (κ3) is 4.67. The van der Waals surface area contributed by atoms with Gasteiger partial charge in [0, 0.05) is 37.4 Å². The van der Waals surface area contributed by atoms with Gasteiger partial charge in [0.2, 0.25) is 0 Å². The van der Waals surface area contributed by atoms with E-state index in [0.29, 0.717) is 24.8 Å². The maximum atomic E-state index is 13.2. The van der Waals surface area contributed by atoms with Crippen LogP contribution in [0.1, 0.15) is 19.3 Å². The number of hydrogen-bond donors (Lipinski definition) is 2. The topological polar surface area (TPSA) is 95.0 Å². The minimum atomic E-state index is -0.320. The van der Waals surface area contributed by atoms with E-state index < -0.39 is 0 Å². The number of aromatic nitrogens is 1. The Bertz CT molecular complexity index is 853. The molecule has 31 heavy (non-hydrogen) atoms. The number of aliphatic hydroxyl groups is 1. The molecule has 1 aromatic rings. The summed E-state index contributed by atoms with van der Waals surface area (Å²) in [5, 5.41) is 12.4. The van der Waals surface area contributed by atoms with Crippen LogP contribution < -0.4 is 5.32 Å². The van der Waals surface area contributed by atoms with E-state index in [4.69, 9.17) is 21.4 Å². The van der Waals surface area contributed by atoms with Gasteiger partial charge in [0.15, 0.2) is 5.13 Å². The number of nitrogens with zero attached hydrogens (tertiary/aromatic N) is 3. The Morgan fingerprint density at radius 3 is 3.06 bits per heavy atom. The summed E-state index contributed by atoms with van der Waals surface area (Å²) in [6, 6.07) is -0.228. The summed E-state index contributed by atoms with van der Waals surface area (Å²) in [7, 11) is 1.40. The van der Waals surface area contributed by atoms with Crippen molar-refractivity contribution in [2.75, 3.05) is 44.4 Å². The monoisotopic (exact) mass is 486 g/mol. The first kappa shape index (κ1) is 22.7. The van der Waals surface area contributed by atoms with Crippen LogP contribution in [-0.2, 0) is 4.74 Å². The number of thioether (sulfide) groups is 1. The molecule has 3 heterocycles. The van der Waals surface area contributed by atoms with Crippen molar-refractivity contribution in [3.63, 3.8) is 0 Å². The van der Waals surface area contributed by atoms with Gasteiger partial charge in [-0.3, -0.25) is 5.32 Å². The average molecular weight is 487 g/mol. The summed E-state index contributed by atoms with van der Waals surface area (Å²) in [5.74, 6) is 1.01. The van der Waals surface area contributed by atoms with Gasteiger partial charge in [-0.15, -0.1) is 23.4 Å². The van der Waals surface area contributed by atoms with E-state index in [9.17, 15) is 9.59 Å². The van der Waals surface area contributed by atoms with Crippen molar-refractivity contribution in [2.45, 2.75) is 34.9 Å². The highest BCUT2D eigenvalue weighted by Crippen LogP contribution is 2.51. The molecule has 4 rings (SSSR count). The fourth-order valence-corrected chi connectivity index (χ4v) is 7.07. The zero-order valence-electron chi connectivity index (χ0n) is 17.3. The first-order valence-electron chi connectivity index (χ1n) is 10.4. The second-order valence-electron chi connectivity index (χ2n) is 8.21. The smallest absolute Gasteiger partial charge is 0.409 e. The second-order valence-corrected chi connectivity index (χ2v) is 11.2. The van der Waals surface area contributed by atoms with Gasteiger partial charge >= 0.3 is 12.1 Å². The standard InChI is InChI=1S/C20H27ClN4O4S2/c1-29-19(28)24-6-5-20(11-24)12-25(15-4-3-13(21)9-14(15)20)18(27)23-17-22-10-16(31-17)30-8-2-7-26/h3-4,10,13-15,26H,2,5-9,11-12H2,1H3,(H,22,23,27). The normalized spacial score (nSPS) is 29.5. The Morgan fingerprint density at radius 1 is 1.45 bits per heavy atom. The van der Waals surface area contributed by atoms with Gasteiger partial charge in [-0.1, -0.05) is 23.5 Å². The Kier molecular flexibility index (Phi) is 7.00. The molecular formula is C20H27ClN4O4S2. The van der Waals surface area contributed by atoms with Crippen LogP contribution in [0.4, 0.5) is 14.7 Å². The molecule has 1 aromatic heterocycles. The minimum Gasteiger partial charge on any atom is -0.453 e. The maximum absolute atomic E-state index is 13.2. The van der Waals surface area contributed by atoms with Gasteiger partial charge in [-0.2, -0.15) is 0 Å². The predicted molar refractivity (Wildman–Crippen MR) is 122 cm³/mol. The number of carbonyl (C=O) groups is 2. The van der Waals surface area contributed by atoms with Gasteiger partial charge in [-0.25, -0.2) is 14.6 Å². The zero-order chi connectivity index (χ0) is 22.0. The zero-order valence-corrected chi connectivity index (χ0v) is 19.7. The van der Waals surface area contributed by atoms with Crippen molar-refractivity contribution >= 4 is 52.0 Å². The second kappa shape index (κ2) is 9.56. The lowest BCUT2D eigenvalue weighted by atomic mass is 9.71. The molecule has 4 atom stereocenters. The largest absolute Gasteiger partial charge is 0.453 e. The van der Waals surface area contributed by atoms with Crippen molar-refractivity contribution in [3.8, 4) is 0 Å². The van der Waals surface area contributed by atoms with E-state index in [1.165, 1.54) is 18.4 Å². The number of carbonyl (C=O) groups excluding carboxylic acids is 2. The lowest BCUT2D eigenvalue weighted by molar-refractivity contribution is 0.122. The van der Waals surface area contributed by atoms with Crippen molar-refractivity contribution in [1.82, 2.24) is 14.8 Å². The fraction of sp³-hybridized carbons (Fsp3) is 0.650. The first-order valence-corrected chi connectivity index (χ1v) is 12.6. The van der Waals surface area contributed by atoms with Crippen LogP contribution in [0, 0.1) is 11.3 Å². The third-order valence-electron chi connectivity index (χ3n) is 6.36. The molecule has 0 saturated carbocycles. The number of amides is 3. The van der Waals surface area contributed by atoms with Crippen molar-refractivity contribution in [3.05, 3.63) is 18.3 Å². The molecule has 8 nitrogen and oxygen atoms in total. The molecule has 3 amide bonds. The lowest BCUT2D eigenvalue weighted by Gasteiger charge is -2.34. The minimum absolute atomic E-state index is 0.0500. The summed E-state index contributed by atoms with van der Waals surface area (Å²) in [4.78, 5) is 33.2. The van der Waals surface area contributed by atoms with Gasteiger partial charge < -0.3 is 19.6 Å². The summed E-state index contributed by atoms with van der Waals surface area (Å²) in [6.45, 7) is 1.94. The van der Waals surface area contributed by atoms with Crippen LogP contribution in [0.15, 0.2) is 22.6 Å². The molecule has 1 aliphatic carbocycles. The Morgan fingerprint density at radius 2 is 2.29 bits per heavy atom. The number of allylic oxidation sites excluding steroid dienone is 1. The Labute approximate surface area is 195 Å². The van der Waals surface area contributed by atoms with Crippen LogP contribution >= 0.6 is 34.7 Å². The molecule has 4 unspecified atom stereocenters. The van der Waals surface area contributed by atoms with E-state index in [1.54, 1.807) is 22.9 Å². The van der Waals surface area contributed by atoms with Gasteiger partial charge in [0.05, 0.1) is 28.9 Å². The van der Waals surface area contributed by atoms with E-state index in [1.807, 2.05) is 17.1 Å². The number of ether oxygens (including phenoxy) is 1. The third-order valence-corrected chi connectivity index (χ3v) is 8.88. The van der Waals surface area contributed by atoms with E-state index in [0.717, 1.165) is 29.2 Å². The van der Waals surface area contributed by atoms with Crippen LogP contribution in [-0.4, -0.2) is 82.5 Å². The van der Waals surface area contributed by atoms with Gasteiger partial charge in [-0.05, 0) is 25.2 Å². The quantitative estimate of drug-likeness (QED) is 0.286. The van der Waals surface area contributed by atoms with Crippen LogP contribution in [0.25, 0.3) is 0 Å². The number of nitrogens with one attached hydrogen (secondary N) is 1. The molecule has 2 saturated heterocycles. The molecule has 3 aliphatic rings. The van der Waals surface area contributed by atoms with Crippen molar-refractivity contribution < 1.29 is 19.4 Å². The molecule has 170 valence electrons. The summed E-state index contributed by atoms with van der Waals surface area (Å²) in [5.41, 5.74) is -0.178. The van der Waals surface area contributed by atoms with Crippen molar-refractivity contribution in [2.24, 2.45) is 11.3 Å². The average Bonchev–Trinajstić information content (AvgIpc) is 3.47. The van der Waals surface area contributed by atoms with Crippen LogP contribution in [0.2, 0.25) is 0 Å². The van der Waals surface area contributed by atoms with Gasteiger partial charge in [0.25, 0.3) is 0 Å². The van der Waals surface area contributed by atoms with E-state index in [-0.39, 0.29) is 41.5 Å². The number of alkyl halides is 1.